The zero-order valence-electron chi connectivity index (χ0n) is 9.79. The van der Waals surface area contributed by atoms with Crippen molar-refractivity contribution >= 4 is 5.97 Å². The van der Waals surface area contributed by atoms with E-state index in [0.29, 0.717) is 12.8 Å². The molecule has 0 aromatic carbocycles. The van der Waals surface area contributed by atoms with Crippen molar-refractivity contribution in [2.24, 2.45) is 0 Å². The number of hydrogen-bond donors (Lipinski definition) is 1. The van der Waals surface area contributed by atoms with Crippen molar-refractivity contribution in [1.29, 1.82) is 0 Å². The summed E-state index contributed by atoms with van der Waals surface area (Å²) in [5.74, 6) is -0.807. The Morgan fingerprint density at radius 3 is 2.20 bits per heavy atom. The van der Waals surface area contributed by atoms with Crippen molar-refractivity contribution in [3.8, 4) is 0 Å². The number of aliphatic carboxylic acids is 1. The summed E-state index contributed by atoms with van der Waals surface area (Å²) in [5, 5.41) is 9.23. The van der Waals surface area contributed by atoms with Crippen LogP contribution in [0.25, 0.3) is 0 Å². The SMILES string of the molecule is CCC(CC)(OC1CCCCC1)C(=O)O. The molecule has 0 unspecified atom stereocenters. The van der Waals surface area contributed by atoms with Crippen LogP contribution in [0.3, 0.4) is 0 Å². The van der Waals surface area contributed by atoms with Gasteiger partial charge in [-0.3, -0.25) is 0 Å². The molecule has 0 saturated heterocycles. The maximum Gasteiger partial charge on any atom is 0.335 e. The molecular weight excluding hydrogens is 192 g/mol. The van der Waals surface area contributed by atoms with E-state index < -0.39 is 11.6 Å². The van der Waals surface area contributed by atoms with Gasteiger partial charge in [0, 0.05) is 0 Å². The summed E-state index contributed by atoms with van der Waals surface area (Å²) in [6.45, 7) is 3.78. The molecule has 88 valence electrons. The minimum Gasteiger partial charge on any atom is -0.479 e. The molecule has 0 aliphatic heterocycles. The van der Waals surface area contributed by atoms with Crippen LogP contribution in [0.5, 0.6) is 0 Å². The fraction of sp³-hybridized carbons (Fsp3) is 0.917. The molecule has 1 aliphatic rings. The van der Waals surface area contributed by atoms with Gasteiger partial charge in [0.25, 0.3) is 0 Å². The number of carboxylic acids is 1. The van der Waals surface area contributed by atoms with E-state index in [2.05, 4.69) is 0 Å². The monoisotopic (exact) mass is 214 g/mol. The Balaban J connectivity index is 2.60. The minimum absolute atomic E-state index is 0.162. The fourth-order valence-corrected chi connectivity index (χ4v) is 2.27. The lowest BCUT2D eigenvalue weighted by Gasteiger charge is -2.33. The van der Waals surface area contributed by atoms with E-state index in [-0.39, 0.29) is 6.10 Å². The fourth-order valence-electron chi connectivity index (χ4n) is 2.27. The average molecular weight is 214 g/mol. The molecule has 0 amide bonds. The number of hydrogen-bond acceptors (Lipinski definition) is 2. The summed E-state index contributed by atoms with van der Waals surface area (Å²) < 4.78 is 5.84. The second-order valence-corrected chi connectivity index (χ2v) is 4.38. The second kappa shape index (κ2) is 5.50. The molecule has 3 heteroatoms. The molecule has 0 atom stereocenters. The lowest BCUT2D eigenvalue weighted by atomic mass is 9.93. The van der Waals surface area contributed by atoms with Gasteiger partial charge in [0.1, 0.15) is 0 Å². The van der Waals surface area contributed by atoms with Gasteiger partial charge in [-0.1, -0.05) is 33.1 Å². The van der Waals surface area contributed by atoms with Crippen LogP contribution in [0.15, 0.2) is 0 Å². The molecule has 0 aromatic rings. The summed E-state index contributed by atoms with van der Waals surface area (Å²) in [6.07, 6.45) is 6.92. The summed E-state index contributed by atoms with van der Waals surface area (Å²) in [7, 11) is 0. The van der Waals surface area contributed by atoms with E-state index in [1.54, 1.807) is 0 Å². The maximum absolute atomic E-state index is 11.2. The van der Waals surface area contributed by atoms with E-state index in [0.717, 1.165) is 12.8 Å². The number of rotatable bonds is 5. The highest BCUT2D eigenvalue weighted by molar-refractivity contribution is 5.77. The quantitative estimate of drug-likeness (QED) is 0.765. The van der Waals surface area contributed by atoms with Gasteiger partial charge in [0.2, 0.25) is 0 Å². The van der Waals surface area contributed by atoms with Gasteiger partial charge in [-0.2, -0.15) is 0 Å². The zero-order valence-corrected chi connectivity index (χ0v) is 9.79. The van der Waals surface area contributed by atoms with Gasteiger partial charge in [-0.15, -0.1) is 0 Å². The van der Waals surface area contributed by atoms with Crippen molar-refractivity contribution in [3.63, 3.8) is 0 Å². The van der Waals surface area contributed by atoms with Crippen LogP contribution in [0.1, 0.15) is 58.8 Å². The average Bonchev–Trinajstić information content (AvgIpc) is 2.27. The molecule has 1 aliphatic carbocycles. The Hall–Kier alpha value is -0.570. The van der Waals surface area contributed by atoms with Gasteiger partial charge < -0.3 is 9.84 Å². The Labute approximate surface area is 91.8 Å². The highest BCUT2D eigenvalue weighted by atomic mass is 16.5. The number of carboxylic acid groups (broad SMARTS) is 1. The molecule has 3 nitrogen and oxygen atoms in total. The highest BCUT2D eigenvalue weighted by Crippen LogP contribution is 2.29. The topological polar surface area (TPSA) is 46.5 Å². The van der Waals surface area contributed by atoms with Crippen molar-refractivity contribution < 1.29 is 14.6 Å². The first-order valence-electron chi connectivity index (χ1n) is 6.06. The van der Waals surface area contributed by atoms with E-state index in [1.165, 1.54) is 19.3 Å². The van der Waals surface area contributed by atoms with Crippen LogP contribution in [0.4, 0.5) is 0 Å². The molecule has 1 rings (SSSR count). The van der Waals surface area contributed by atoms with Crippen molar-refractivity contribution in [3.05, 3.63) is 0 Å². The highest BCUT2D eigenvalue weighted by Gasteiger charge is 2.38. The largest absolute Gasteiger partial charge is 0.479 e. The van der Waals surface area contributed by atoms with Crippen molar-refractivity contribution in [1.82, 2.24) is 0 Å². The first kappa shape index (κ1) is 12.5. The lowest BCUT2D eigenvalue weighted by Crippen LogP contribution is -2.43. The Kier molecular flexibility index (Phi) is 4.58. The standard InChI is InChI=1S/C12H22O3/c1-3-12(4-2,11(13)14)15-10-8-6-5-7-9-10/h10H,3-9H2,1-2H3,(H,13,14). The first-order chi connectivity index (χ1) is 7.14. The smallest absolute Gasteiger partial charge is 0.335 e. The summed E-state index contributed by atoms with van der Waals surface area (Å²) in [6, 6.07) is 0. The Morgan fingerprint density at radius 2 is 1.80 bits per heavy atom. The molecule has 1 saturated carbocycles. The third-order valence-electron chi connectivity index (χ3n) is 3.48. The second-order valence-electron chi connectivity index (χ2n) is 4.38. The lowest BCUT2D eigenvalue weighted by molar-refractivity contribution is -0.178. The van der Waals surface area contributed by atoms with Crippen LogP contribution >= 0.6 is 0 Å². The molecule has 0 aromatic heterocycles. The van der Waals surface area contributed by atoms with E-state index in [9.17, 15) is 9.90 Å². The van der Waals surface area contributed by atoms with Gasteiger partial charge in [-0.25, -0.2) is 4.79 Å². The summed E-state index contributed by atoms with van der Waals surface area (Å²) in [4.78, 5) is 11.2. The Morgan fingerprint density at radius 1 is 1.27 bits per heavy atom. The predicted octanol–water partition coefficient (Wildman–Crippen LogP) is 2.98. The minimum atomic E-state index is -0.942. The molecule has 0 radical (unpaired) electrons. The molecule has 0 spiro atoms. The van der Waals surface area contributed by atoms with Gasteiger partial charge >= 0.3 is 5.97 Å². The maximum atomic E-state index is 11.2. The van der Waals surface area contributed by atoms with E-state index >= 15 is 0 Å². The summed E-state index contributed by atoms with van der Waals surface area (Å²) in [5.41, 5.74) is -0.942. The molecular formula is C12H22O3. The van der Waals surface area contributed by atoms with Gasteiger partial charge in [-0.05, 0) is 25.7 Å². The Bertz CT molecular complexity index is 203. The molecule has 1 N–H and O–H groups in total. The van der Waals surface area contributed by atoms with Crippen molar-refractivity contribution in [2.45, 2.75) is 70.5 Å². The van der Waals surface area contributed by atoms with Crippen LogP contribution in [0.2, 0.25) is 0 Å². The molecule has 1 fully saturated rings. The van der Waals surface area contributed by atoms with Gasteiger partial charge in [0.15, 0.2) is 5.60 Å². The van der Waals surface area contributed by atoms with E-state index in [4.69, 9.17) is 4.74 Å². The van der Waals surface area contributed by atoms with Crippen LogP contribution in [-0.2, 0) is 9.53 Å². The van der Waals surface area contributed by atoms with E-state index in [1.807, 2.05) is 13.8 Å². The summed E-state index contributed by atoms with van der Waals surface area (Å²) >= 11 is 0. The predicted molar refractivity (Wildman–Crippen MR) is 58.9 cm³/mol. The molecule has 0 bridgehead atoms. The van der Waals surface area contributed by atoms with Crippen molar-refractivity contribution in [2.75, 3.05) is 0 Å². The number of carbonyl (C=O) groups is 1. The molecule has 15 heavy (non-hydrogen) atoms. The van der Waals surface area contributed by atoms with Crippen LogP contribution in [0, 0.1) is 0 Å². The molecule has 0 heterocycles. The van der Waals surface area contributed by atoms with Crippen LogP contribution in [-0.4, -0.2) is 22.8 Å². The van der Waals surface area contributed by atoms with Gasteiger partial charge in [0.05, 0.1) is 6.10 Å². The normalized spacial score (nSPS) is 19.1. The number of ether oxygens (including phenoxy) is 1. The third-order valence-corrected chi connectivity index (χ3v) is 3.48. The first-order valence-corrected chi connectivity index (χ1v) is 6.06. The van der Waals surface area contributed by atoms with Crippen LogP contribution < -0.4 is 0 Å². The zero-order chi connectivity index (χ0) is 11.3. The third kappa shape index (κ3) is 2.94.